The fourth-order valence-corrected chi connectivity index (χ4v) is 0.804. The summed E-state index contributed by atoms with van der Waals surface area (Å²) < 4.78 is 9.37. The Kier molecular flexibility index (Phi) is 7.66. The van der Waals surface area contributed by atoms with E-state index in [-0.39, 0.29) is 18.9 Å². The molecule has 6 heteroatoms. The van der Waals surface area contributed by atoms with Gasteiger partial charge in [0.2, 0.25) is 0 Å². The molecular weight excluding hydrogens is 212 g/mol. The molecule has 0 unspecified atom stereocenters. The van der Waals surface area contributed by atoms with Crippen LogP contribution < -0.4 is 11.1 Å². The average molecular weight is 230 g/mol. The van der Waals surface area contributed by atoms with Crippen molar-refractivity contribution in [3.05, 3.63) is 11.8 Å². The van der Waals surface area contributed by atoms with Gasteiger partial charge in [0.1, 0.15) is 6.61 Å². The number of carbonyl (C=O) groups is 2. The maximum Gasteiger partial charge on any atom is 0.407 e. The van der Waals surface area contributed by atoms with Crippen molar-refractivity contribution in [3.8, 4) is 0 Å². The number of hydrogen-bond acceptors (Lipinski definition) is 5. The summed E-state index contributed by atoms with van der Waals surface area (Å²) in [6.07, 6.45) is 1.36. The lowest BCUT2D eigenvalue weighted by Gasteiger charge is -2.05. The molecule has 0 aliphatic carbocycles. The molecule has 0 aromatic heterocycles. The molecule has 0 radical (unpaired) electrons. The number of amides is 1. The number of rotatable bonds is 6. The second-order valence-corrected chi connectivity index (χ2v) is 2.97. The normalized spacial score (nSPS) is 10.8. The molecule has 16 heavy (non-hydrogen) atoms. The summed E-state index contributed by atoms with van der Waals surface area (Å²) in [5.41, 5.74) is 5.58. The summed E-state index contributed by atoms with van der Waals surface area (Å²) in [5.74, 6) is -0.544. The zero-order valence-electron chi connectivity index (χ0n) is 9.62. The van der Waals surface area contributed by atoms with Crippen LogP contribution in [0, 0.1) is 0 Å². The number of alkyl carbamates (subject to hydrolysis) is 1. The van der Waals surface area contributed by atoms with Crippen molar-refractivity contribution in [2.45, 2.75) is 20.3 Å². The van der Waals surface area contributed by atoms with Crippen LogP contribution in [0.25, 0.3) is 0 Å². The number of nitrogens with one attached hydrogen (secondary N) is 1. The molecule has 0 rings (SSSR count). The van der Waals surface area contributed by atoms with E-state index in [0.717, 1.165) is 12.5 Å². The molecule has 0 saturated heterocycles. The molecule has 0 atom stereocenters. The minimum Gasteiger partial charge on any atom is -0.463 e. The molecule has 92 valence electrons. The van der Waals surface area contributed by atoms with E-state index >= 15 is 0 Å². The lowest BCUT2D eigenvalue weighted by Crippen LogP contribution is -2.26. The standard InChI is InChI=1S/C10H18N2O4/c1-3-5-12-10(14)16-7-8(11)6-9(13)15-4-2/h6H,3-5,7,11H2,1-2H3,(H,12,14). The Balaban J connectivity index is 3.83. The lowest BCUT2D eigenvalue weighted by atomic mass is 10.4. The summed E-state index contributed by atoms with van der Waals surface area (Å²) in [6.45, 7) is 4.31. The third kappa shape index (κ3) is 7.66. The highest BCUT2D eigenvalue weighted by molar-refractivity contribution is 5.82. The fraction of sp³-hybridized carbons (Fsp3) is 0.600. The highest BCUT2D eigenvalue weighted by Gasteiger charge is 2.03. The topological polar surface area (TPSA) is 90.6 Å². The van der Waals surface area contributed by atoms with Crippen LogP contribution in [0.15, 0.2) is 11.8 Å². The molecule has 1 amide bonds. The number of ether oxygens (including phenoxy) is 2. The van der Waals surface area contributed by atoms with E-state index in [1.807, 2.05) is 6.92 Å². The Morgan fingerprint density at radius 1 is 1.31 bits per heavy atom. The third-order valence-corrected chi connectivity index (χ3v) is 1.48. The van der Waals surface area contributed by atoms with Gasteiger partial charge in [0.15, 0.2) is 0 Å². The van der Waals surface area contributed by atoms with Crippen LogP contribution in [0.2, 0.25) is 0 Å². The summed E-state index contributed by atoms with van der Waals surface area (Å²) >= 11 is 0. The molecule has 0 aromatic rings. The SMILES string of the molecule is CCCNC(=O)OCC(N)=CC(=O)OCC. The van der Waals surface area contributed by atoms with Gasteiger partial charge in [0.05, 0.1) is 12.3 Å². The molecule has 0 bridgehead atoms. The first-order valence-corrected chi connectivity index (χ1v) is 5.13. The molecule has 0 spiro atoms. The van der Waals surface area contributed by atoms with Crippen molar-refractivity contribution < 1.29 is 19.1 Å². The monoisotopic (exact) mass is 230 g/mol. The first kappa shape index (κ1) is 14.3. The van der Waals surface area contributed by atoms with E-state index in [9.17, 15) is 9.59 Å². The van der Waals surface area contributed by atoms with Crippen molar-refractivity contribution in [1.29, 1.82) is 0 Å². The predicted molar refractivity (Wildman–Crippen MR) is 58.5 cm³/mol. The van der Waals surface area contributed by atoms with E-state index in [1.165, 1.54) is 0 Å². The number of nitrogens with two attached hydrogens (primary N) is 1. The Morgan fingerprint density at radius 3 is 2.56 bits per heavy atom. The number of hydrogen-bond donors (Lipinski definition) is 2. The zero-order chi connectivity index (χ0) is 12.4. The second-order valence-electron chi connectivity index (χ2n) is 2.97. The molecule has 6 nitrogen and oxygen atoms in total. The van der Waals surface area contributed by atoms with Gasteiger partial charge >= 0.3 is 12.1 Å². The minimum atomic E-state index is -0.554. The molecule has 0 aromatic carbocycles. The Labute approximate surface area is 94.8 Å². The first-order chi connectivity index (χ1) is 7.60. The van der Waals surface area contributed by atoms with E-state index in [2.05, 4.69) is 10.1 Å². The number of carbonyl (C=O) groups excluding carboxylic acids is 2. The van der Waals surface area contributed by atoms with Crippen LogP contribution in [-0.2, 0) is 14.3 Å². The summed E-state index contributed by atoms with van der Waals surface area (Å²) in [4.78, 5) is 21.9. The Hall–Kier alpha value is -1.72. The van der Waals surface area contributed by atoms with Crippen LogP contribution in [0.3, 0.4) is 0 Å². The van der Waals surface area contributed by atoms with Gasteiger partial charge in [-0.2, -0.15) is 0 Å². The molecule has 0 saturated carbocycles. The van der Waals surface area contributed by atoms with Crippen molar-refractivity contribution in [3.63, 3.8) is 0 Å². The van der Waals surface area contributed by atoms with E-state index in [4.69, 9.17) is 10.5 Å². The van der Waals surface area contributed by atoms with Crippen molar-refractivity contribution in [2.75, 3.05) is 19.8 Å². The van der Waals surface area contributed by atoms with Crippen LogP contribution in [0.4, 0.5) is 4.79 Å². The van der Waals surface area contributed by atoms with Gasteiger partial charge in [-0.1, -0.05) is 6.92 Å². The molecule has 0 heterocycles. The molecule has 0 aliphatic rings. The maximum atomic E-state index is 11.0. The largest absolute Gasteiger partial charge is 0.463 e. The maximum absolute atomic E-state index is 11.0. The van der Waals surface area contributed by atoms with Crippen LogP contribution in [0.1, 0.15) is 20.3 Å². The van der Waals surface area contributed by atoms with Crippen LogP contribution in [-0.4, -0.2) is 31.8 Å². The first-order valence-electron chi connectivity index (χ1n) is 5.13. The third-order valence-electron chi connectivity index (χ3n) is 1.48. The smallest absolute Gasteiger partial charge is 0.407 e. The highest BCUT2D eigenvalue weighted by Crippen LogP contribution is 1.90. The molecule has 3 N–H and O–H groups in total. The van der Waals surface area contributed by atoms with Gasteiger partial charge in [0, 0.05) is 12.6 Å². The van der Waals surface area contributed by atoms with Gasteiger partial charge in [-0.05, 0) is 13.3 Å². The fourth-order valence-electron chi connectivity index (χ4n) is 0.804. The molecular formula is C10H18N2O4. The molecule has 0 aliphatic heterocycles. The Morgan fingerprint density at radius 2 is 2.00 bits per heavy atom. The minimum absolute atomic E-state index is 0.131. The van der Waals surface area contributed by atoms with E-state index < -0.39 is 12.1 Å². The highest BCUT2D eigenvalue weighted by atomic mass is 16.5. The van der Waals surface area contributed by atoms with Crippen LogP contribution >= 0.6 is 0 Å². The van der Waals surface area contributed by atoms with Gasteiger partial charge in [-0.15, -0.1) is 0 Å². The van der Waals surface area contributed by atoms with Crippen molar-refractivity contribution >= 4 is 12.1 Å². The lowest BCUT2D eigenvalue weighted by molar-refractivity contribution is -0.137. The zero-order valence-corrected chi connectivity index (χ0v) is 9.62. The van der Waals surface area contributed by atoms with E-state index in [1.54, 1.807) is 6.92 Å². The summed E-state index contributed by atoms with van der Waals surface area (Å²) in [6, 6.07) is 0. The van der Waals surface area contributed by atoms with Gasteiger partial charge < -0.3 is 20.5 Å². The number of esters is 1. The van der Waals surface area contributed by atoms with Crippen molar-refractivity contribution in [2.24, 2.45) is 5.73 Å². The Bertz CT molecular complexity index is 264. The van der Waals surface area contributed by atoms with Gasteiger partial charge in [-0.3, -0.25) is 0 Å². The average Bonchev–Trinajstić information content (AvgIpc) is 2.23. The van der Waals surface area contributed by atoms with Crippen LogP contribution in [0.5, 0.6) is 0 Å². The van der Waals surface area contributed by atoms with Gasteiger partial charge in [0.25, 0.3) is 0 Å². The quantitative estimate of drug-likeness (QED) is 0.513. The summed E-state index contributed by atoms with van der Waals surface area (Å²) in [7, 11) is 0. The summed E-state index contributed by atoms with van der Waals surface area (Å²) in [5, 5.41) is 2.51. The predicted octanol–water partition coefficient (Wildman–Crippen LogP) is 0.528. The van der Waals surface area contributed by atoms with E-state index in [0.29, 0.717) is 6.54 Å². The van der Waals surface area contributed by atoms with Gasteiger partial charge in [-0.25, -0.2) is 9.59 Å². The van der Waals surface area contributed by atoms with Crippen molar-refractivity contribution in [1.82, 2.24) is 5.32 Å². The second kappa shape index (κ2) is 8.58. The molecule has 0 fully saturated rings.